The number of hydrogen-bond acceptors (Lipinski definition) is 4. The van der Waals surface area contributed by atoms with Crippen LogP contribution in [0.4, 0.5) is 9.18 Å². The fraction of sp³-hybridized carbons (Fsp3) is 0.450. The lowest BCUT2D eigenvalue weighted by Crippen LogP contribution is -2.44. The van der Waals surface area contributed by atoms with E-state index in [4.69, 9.17) is 22.1 Å². The molecular formula is C20H24ClFN4O3. The molecule has 1 aliphatic heterocycles. The van der Waals surface area contributed by atoms with Crippen LogP contribution in [0.1, 0.15) is 56.2 Å². The molecule has 3 rings (SSSR count). The Balaban J connectivity index is 2.08. The first kappa shape index (κ1) is 21.1. The minimum atomic E-state index is -0.678. The van der Waals surface area contributed by atoms with Gasteiger partial charge in [-0.05, 0) is 45.4 Å². The number of primary amides is 1. The molecule has 2 aromatic rings. The number of benzene rings is 1. The van der Waals surface area contributed by atoms with Gasteiger partial charge in [0.2, 0.25) is 0 Å². The number of ether oxygens (including phenoxy) is 1. The van der Waals surface area contributed by atoms with Crippen LogP contribution in [0.3, 0.4) is 0 Å². The smallest absolute Gasteiger partial charge is 0.410 e. The molecule has 0 radical (unpaired) electrons. The highest BCUT2D eigenvalue weighted by atomic mass is 35.5. The number of carbonyl (C=O) groups excluding carboxylic acids is 2. The first-order chi connectivity index (χ1) is 13.5. The van der Waals surface area contributed by atoms with Crippen molar-refractivity contribution in [1.29, 1.82) is 0 Å². The number of nitrogens with zero attached hydrogens (tertiary/aromatic N) is 3. The van der Waals surface area contributed by atoms with Gasteiger partial charge in [-0.25, -0.2) is 9.18 Å². The molecule has 0 fully saturated rings. The van der Waals surface area contributed by atoms with Crippen molar-refractivity contribution >= 4 is 23.6 Å². The van der Waals surface area contributed by atoms with Crippen LogP contribution < -0.4 is 5.73 Å². The van der Waals surface area contributed by atoms with E-state index in [1.54, 1.807) is 30.4 Å². The average Bonchev–Trinajstić information content (AvgIpc) is 3.01. The van der Waals surface area contributed by atoms with Gasteiger partial charge in [-0.15, -0.1) is 0 Å². The summed E-state index contributed by atoms with van der Waals surface area (Å²) in [5.41, 5.74) is 6.54. The Kier molecular flexibility index (Phi) is 5.58. The number of hydrogen-bond donors (Lipinski definition) is 1. The maximum Gasteiger partial charge on any atom is 0.410 e. The number of rotatable bonds is 3. The third-order valence-corrected chi connectivity index (χ3v) is 4.98. The molecule has 1 unspecified atom stereocenters. The lowest BCUT2D eigenvalue weighted by molar-refractivity contribution is 0.0156. The standard InChI is InChI=1S/C20H24ClFN4O3/c1-5-12-9-25(19(28)29-20(2,3)4)10-15-16(18(23)27)17(24-26(12)15)11-6-7-14(22)13(21)8-11/h6-8,12H,5,9-10H2,1-4H3,(H2,23,27). The van der Waals surface area contributed by atoms with Crippen LogP contribution in [0.2, 0.25) is 5.02 Å². The van der Waals surface area contributed by atoms with Crippen LogP contribution in [0.5, 0.6) is 0 Å². The van der Waals surface area contributed by atoms with Gasteiger partial charge in [0, 0.05) is 12.1 Å². The first-order valence-electron chi connectivity index (χ1n) is 9.36. The molecule has 1 aliphatic rings. The Morgan fingerprint density at radius 3 is 2.62 bits per heavy atom. The largest absolute Gasteiger partial charge is 0.444 e. The van der Waals surface area contributed by atoms with Crippen LogP contribution in [0, 0.1) is 5.82 Å². The van der Waals surface area contributed by atoms with E-state index >= 15 is 0 Å². The van der Waals surface area contributed by atoms with Gasteiger partial charge in [0.25, 0.3) is 5.91 Å². The summed E-state index contributed by atoms with van der Waals surface area (Å²) in [5.74, 6) is -1.25. The molecule has 0 bridgehead atoms. The highest BCUT2D eigenvalue weighted by Crippen LogP contribution is 2.34. The monoisotopic (exact) mass is 422 g/mol. The van der Waals surface area contributed by atoms with E-state index in [0.717, 1.165) is 0 Å². The molecule has 1 aromatic heterocycles. The minimum Gasteiger partial charge on any atom is -0.444 e. The van der Waals surface area contributed by atoms with Crippen molar-refractivity contribution in [2.75, 3.05) is 6.54 Å². The Morgan fingerprint density at radius 2 is 2.07 bits per heavy atom. The summed E-state index contributed by atoms with van der Waals surface area (Å²) in [5, 5.41) is 4.51. The molecule has 0 aliphatic carbocycles. The summed E-state index contributed by atoms with van der Waals surface area (Å²) in [4.78, 5) is 26.5. The van der Waals surface area contributed by atoms with Crippen molar-refractivity contribution in [3.8, 4) is 11.3 Å². The molecule has 1 aromatic carbocycles. The van der Waals surface area contributed by atoms with Crippen LogP contribution in [-0.2, 0) is 11.3 Å². The summed E-state index contributed by atoms with van der Waals surface area (Å²) in [7, 11) is 0. The van der Waals surface area contributed by atoms with Gasteiger partial charge >= 0.3 is 6.09 Å². The molecule has 29 heavy (non-hydrogen) atoms. The van der Waals surface area contributed by atoms with E-state index in [2.05, 4.69) is 5.10 Å². The second kappa shape index (κ2) is 7.67. The molecule has 0 saturated heterocycles. The molecule has 1 atom stereocenters. The lowest BCUT2D eigenvalue weighted by atomic mass is 10.0. The van der Waals surface area contributed by atoms with Gasteiger partial charge in [0.1, 0.15) is 17.1 Å². The number of carbonyl (C=O) groups is 2. The van der Waals surface area contributed by atoms with Gasteiger partial charge in [0.05, 0.1) is 28.9 Å². The second-order valence-corrected chi connectivity index (χ2v) is 8.44. The van der Waals surface area contributed by atoms with Gasteiger partial charge in [0.15, 0.2) is 0 Å². The Labute approximate surface area is 173 Å². The highest BCUT2D eigenvalue weighted by Gasteiger charge is 2.35. The number of fused-ring (bicyclic) bond motifs is 1. The highest BCUT2D eigenvalue weighted by molar-refractivity contribution is 6.31. The van der Waals surface area contributed by atoms with Gasteiger partial charge in [-0.2, -0.15) is 5.10 Å². The zero-order valence-corrected chi connectivity index (χ0v) is 17.6. The Hall–Kier alpha value is -2.61. The van der Waals surface area contributed by atoms with E-state index in [0.29, 0.717) is 29.9 Å². The summed E-state index contributed by atoms with van der Waals surface area (Å²) >= 11 is 5.91. The van der Waals surface area contributed by atoms with Crippen molar-refractivity contribution in [2.45, 2.75) is 52.3 Å². The van der Waals surface area contributed by atoms with Crippen molar-refractivity contribution in [1.82, 2.24) is 14.7 Å². The lowest BCUT2D eigenvalue weighted by Gasteiger charge is -2.34. The molecule has 2 N–H and O–H groups in total. The molecule has 7 nitrogen and oxygen atoms in total. The van der Waals surface area contributed by atoms with Crippen molar-refractivity contribution < 1.29 is 18.7 Å². The van der Waals surface area contributed by atoms with Crippen molar-refractivity contribution in [2.24, 2.45) is 5.73 Å². The molecule has 0 saturated carbocycles. The summed E-state index contributed by atoms with van der Waals surface area (Å²) < 4.78 is 20.8. The number of halogens is 2. The first-order valence-corrected chi connectivity index (χ1v) is 9.74. The summed E-state index contributed by atoms with van der Waals surface area (Å²) in [6.07, 6.45) is 0.209. The third-order valence-electron chi connectivity index (χ3n) is 4.69. The second-order valence-electron chi connectivity index (χ2n) is 8.03. The molecule has 0 spiro atoms. The Bertz CT molecular complexity index is 967. The van der Waals surface area contributed by atoms with Gasteiger partial charge < -0.3 is 15.4 Å². The zero-order chi connectivity index (χ0) is 21.5. The van der Waals surface area contributed by atoms with Crippen LogP contribution >= 0.6 is 11.6 Å². The fourth-order valence-corrected chi connectivity index (χ4v) is 3.55. The van der Waals surface area contributed by atoms with E-state index in [1.165, 1.54) is 18.2 Å². The summed E-state index contributed by atoms with van der Waals surface area (Å²) in [6, 6.07) is 3.96. The molecule has 156 valence electrons. The predicted molar refractivity (Wildman–Crippen MR) is 107 cm³/mol. The van der Waals surface area contributed by atoms with E-state index in [9.17, 15) is 14.0 Å². The third kappa shape index (κ3) is 4.22. The maximum atomic E-state index is 13.6. The van der Waals surface area contributed by atoms with E-state index < -0.39 is 23.4 Å². The topological polar surface area (TPSA) is 90.4 Å². The van der Waals surface area contributed by atoms with Crippen LogP contribution in [-0.4, -0.2) is 38.8 Å². The van der Waals surface area contributed by atoms with Crippen LogP contribution in [0.25, 0.3) is 11.3 Å². The van der Waals surface area contributed by atoms with E-state index in [1.807, 2.05) is 6.92 Å². The minimum absolute atomic E-state index is 0.0775. The predicted octanol–water partition coefficient (Wildman–Crippen LogP) is 4.14. The summed E-state index contributed by atoms with van der Waals surface area (Å²) in [6.45, 7) is 7.87. The number of aromatic nitrogens is 2. The zero-order valence-electron chi connectivity index (χ0n) is 16.8. The van der Waals surface area contributed by atoms with Crippen molar-refractivity contribution in [3.05, 3.63) is 40.3 Å². The molecule has 9 heteroatoms. The SMILES string of the molecule is CCC1CN(C(=O)OC(C)(C)C)Cc2c(C(N)=O)c(-c3ccc(F)c(Cl)c3)nn21. The van der Waals surface area contributed by atoms with Gasteiger partial charge in [-0.1, -0.05) is 18.5 Å². The maximum absolute atomic E-state index is 13.6. The molecule has 2 heterocycles. The molecule has 2 amide bonds. The van der Waals surface area contributed by atoms with Gasteiger partial charge in [-0.3, -0.25) is 9.48 Å². The normalized spacial score (nSPS) is 16.5. The quantitative estimate of drug-likeness (QED) is 0.804. The van der Waals surface area contributed by atoms with Crippen molar-refractivity contribution in [3.63, 3.8) is 0 Å². The van der Waals surface area contributed by atoms with Crippen LogP contribution in [0.15, 0.2) is 18.2 Å². The van der Waals surface area contributed by atoms with E-state index in [-0.39, 0.29) is 23.2 Å². The average molecular weight is 423 g/mol. The Morgan fingerprint density at radius 1 is 1.38 bits per heavy atom. The number of amides is 2. The molecular weight excluding hydrogens is 399 g/mol. The fourth-order valence-electron chi connectivity index (χ4n) is 3.37. The number of nitrogens with two attached hydrogens (primary N) is 1.